The first kappa shape index (κ1) is 8.55. The lowest BCUT2D eigenvalue weighted by Gasteiger charge is -2.14. The number of nitrogens with one attached hydrogen (secondary N) is 1. The van der Waals surface area contributed by atoms with Crippen LogP contribution in [0, 0.1) is 6.92 Å². The lowest BCUT2D eigenvalue weighted by molar-refractivity contribution is 0.355. The molecule has 0 amide bonds. The number of allylic oxidation sites excluding steroid dienone is 1. The van der Waals surface area contributed by atoms with Crippen LogP contribution in [0.15, 0.2) is 22.8 Å². The van der Waals surface area contributed by atoms with Crippen LogP contribution in [0.5, 0.6) is 5.75 Å². The molecule has 0 aliphatic carbocycles. The van der Waals surface area contributed by atoms with Crippen molar-refractivity contribution in [3.63, 3.8) is 0 Å². The highest BCUT2D eigenvalue weighted by molar-refractivity contribution is 5.87. The summed E-state index contributed by atoms with van der Waals surface area (Å²) in [4.78, 5) is 9.37. The molecule has 1 atom stereocenters. The van der Waals surface area contributed by atoms with Crippen molar-refractivity contribution in [2.45, 2.75) is 13.1 Å². The van der Waals surface area contributed by atoms with Crippen LogP contribution in [0.25, 0.3) is 0 Å². The Balaban J connectivity index is 1.97. The number of aliphatic imine (C=N–C) groups is 1. The molecule has 0 aromatic carbocycles. The summed E-state index contributed by atoms with van der Waals surface area (Å²) < 4.78 is 5.53. The highest BCUT2D eigenvalue weighted by atomic mass is 16.5. The van der Waals surface area contributed by atoms with Gasteiger partial charge in [0.15, 0.2) is 18.3 Å². The largest absolute Gasteiger partial charge is 0.469 e. The van der Waals surface area contributed by atoms with Gasteiger partial charge in [-0.3, -0.25) is 9.89 Å². The molecule has 15 heavy (non-hydrogen) atoms. The number of nitrogens with two attached hydrogens (primary N) is 1. The van der Waals surface area contributed by atoms with E-state index in [0.717, 1.165) is 23.0 Å². The summed E-state index contributed by atoms with van der Waals surface area (Å²) in [7, 11) is 0. The third kappa shape index (κ3) is 1.24. The van der Waals surface area contributed by atoms with Crippen molar-refractivity contribution < 1.29 is 4.74 Å². The minimum Gasteiger partial charge on any atom is -0.469 e. The number of hydrogen-bond donors (Lipinski definition) is 2. The van der Waals surface area contributed by atoms with E-state index in [9.17, 15) is 0 Å². The standard InChI is InChI=1S/C10H12N4O/c1-6-2-8-10(13-6)14(5-15-8)7-3-9(11)12-4-7/h2-4,9,13H,5,11H2,1H3. The van der Waals surface area contributed by atoms with E-state index in [2.05, 4.69) is 9.98 Å². The molecule has 3 rings (SSSR count). The van der Waals surface area contributed by atoms with E-state index in [1.54, 1.807) is 6.21 Å². The second-order valence-corrected chi connectivity index (χ2v) is 3.73. The van der Waals surface area contributed by atoms with Gasteiger partial charge >= 0.3 is 0 Å². The van der Waals surface area contributed by atoms with Crippen molar-refractivity contribution in [2.24, 2.45) is 10.7 Å². The minimum absolute atomic E-state index is 0.222. The average Bonchev–Trinajstić information content (AvgIpc) is 2.80. The predicted molar refractivity (Wildman–Crippen MR) is 58.1 cm³/mol. The van der Waals surface area contributed by atoms with Crippen molar-refractivity contribution in [1.29, 1.82) is 0 Å². The average molecular weight is 204 g/mol. The Morgan fingerprint density at radius 2 is 2.53 bits per heavy atom. The molecular weight excluding hydrogens is 192 g/mol. The Hall–Kier alpha value is -1.75. The smallest absolute Gasteiger partial charge is 0.167 e. The maximum absolute atomic E-state index is 5.67. The first-order valence-electron chi connectivity index (χ1n) is 4.84. The monoisotopic (exact) mass is 204 g/mol. The van der Waals surface area contributed by atoms with E-state index >= 15 is 0 Å². The van der Waals surface area contributed by atoms with Crippen LogP contribution in [0.4, 0.5) is 5.82 Å². The van der Waals surface area contributed by atoms with Gasteiger partial charge in [-0.2, -0.15) is 0 Å². The highest BCUT2D eigenvalue weighted by Gasteiger charge is 2.26. The van der Waals surface area contributed by atoms with Crippen LogP contribution in [0.1, 0.15) is 5.69 Å². The Labute approximate surface area is 87.2 Å². The van der Waals surface area contributed by atoms with Crippen LogP contribution in [0.3, 0.4) is 0 Å². The van der Waals surface area contributed by atoms with E-state index in [1.807, 2.05) is 24.0 Å². The van der Waals surface area contributed by atoms with Gasteiger partial charge in [0, 0.05) is 18.0 Å². The van der Waals surface area contributed by atoms with E-state index in [4.69, 9.17) is 10.5 Å². The number of ether oxygens (including phenoxy) is 1. The normalized spacial score (nSPS) is 22.9. The molecule has 0 fully saturated rings. The Kier molecular flexibility index (Phi) is 1.63. The van der Waals surface area contributed by atoms with Gasteiger partial charge in [-0.15, -0.1) is 0 Å². The third-order valence-corrected chi connectivity index (χ3v) is 2.55. The zero-order valence-electron chi connectivity index (χ0n) is 8.40. The molecule has 5 heteroatoms. The summed E-state index contributed by atoms with van der Waals surface area (Å²) in [6.45, 7) is 2.52. The number of hydrogen-bond acceptors (Lipinski definition) is 4. The molecule has 1 unspecified atom stereocenters. The molecule has 0 bridgehead atoms. The van der Waals surface area contributed by atoms with Gasteiger partial charge in [0.05, 0.1) is 5.70 Å². The van der Waals surface area contributed by atoms with E-state index in [-0.39, 0.29) is 6.17 Å². The fourth-order valence-electron chi connectivity index (χ4n) is 1.85. The number of aromatic amines is 1. The lowest BCUT2D eigenvalue weighted by atomic mass is 10.4. The SMILES string of the molecule is Cc1cc2c([nH]1)N(C1=CC(N)N=C1)CO2. The van der Waals surface area contributed by atoms with Gasteiger partial charge in [-0.1, -0.05) is 0 Å². The topological polar surface area (TPSA) is 66.6 Å². The van der Waals surface area contributed by atoms with Gasteiger partial charge in [-0.25, -0.2) is 0 Å². The number of fused-ring (bicyclic) bond motifs is 1. The zero-order valence-corrected chi connectivity index (χ0v) is 8.40. The van der Waals surface area contributed by atoms with Crippen molar-refractivity contribution >= 4 is 12.0 Å². The number of H-pyrrole nitrogens is 1. The number of anilines is 1. The summed E-state index contributed by atoms with van der Waals surface area (Å²) in [6, 6.07) is 1.99. The summed E-state index contributed by atoms with van der Waals surface area (Å²) in [5, 5.41) is 0. The quantitative estimate of drug-likeness (QED) is 0.708. The number of nitrogens with zero attached hydrogens (tertiary/aromatic N) is 2. The predicted octanol–water partition coefficient (Wildman–Crippen LogP) is 0.733. The van der Waals surface area contributed by atoms with Crippen molar-refractivity contribution in [3.8, 4) is 5.75 Å². The molecule has 3 N–H and O–H groups in total. The van der Waals surface area contributed by atoms with Crippen molar-refractivity contribution in [1.82, 2.24) is 4.98 Å². The van der Waals surface area contributed by atoms with Crippen LogP contribution in [0.2, 0.25) is 0 Å². The van der Waals surface area contributed by atoms with E-state index in [0.29, 0.717) is 6.73 Å². The van der Waals surface area contributed by atoms with Gasteiger partial charge < -0.3 is 15.5 Å². The van der Waals surface area contributed by atoms with Crippen LogP contribution < -0.4 is 15.4 Å². The molecule has 0 radical (unpaired) electrons. The molecule has 2 aliphatic rings. The molecule has 78 valence electrons. The van der Waals surface area contributed by atoms with Crippen LogP contribution in [-0.2, 0) is 0 Å². The third-order valence-electron chi connectivity index (χ3n) is 2.55. The maximum atomic E-state index is 5.67. The summed E-state index contributed by atoms with van der Waals surface area (Å²) in [6.07, 6.45) is 3.47. The van der Waals surface area contributed by atoms with Gasteiger partial charge in [-0.05, 0) is 13.0 Å². The van der Waals surface area contributed by atoms with Crippen molar-refractivity contribution in [3.05, 3.63) is 23.5 Å². The lowest BCUT2D eigenvalue weighted by Crippen LogP contribution is -2.22. The Morgan fingerprint density at radius 1 is 1.67 bits per heavy atom. The van der Waals surface area contributed by atoms with E-state index < -0.39 is 0 Å². The molecule has 1 aromatic heterocycles. The van der Waals surface area contributed by atoms with E-state index in [1.165, 1.54) is 0 Å². The Morgan fingerprint density at radius 3 is 3.27 bits per heavy atom. The molecule has 3 heterocycles. The molecule has 1 aromatic rings. The second kappa shape index (κ2) is 2.87. The zero-order chi connectivity index (χ0) is 10.4. The van der Waals surface area contributed by atoms with Gasteiger partial charge in [0.25, 0.3) is 0 Å². The first-order valence-corrected chi connectivity index (χ1v) is 4.84. The van der Waals surface area contributed by atoms with Crippen LogP contribution >= 0.6 is 0 Å². The maximum Gasteiger partial charge on any atom is 0.167 e. The highest BCUT2D eigenvalue weighted by Crippen LogP contribution is 2.36. The summed E-state index contributed by atoms with van der Waals surface area (Å²) in [5.41, 5.74) is 7.74. The van der Waals surface area contributed by atoms with Gasteiger partial charge in [0.2, 0.25) is 0 Å². The number of rotatable bonds is 1. The van der Waals surface area contributed by atoms with Crippen molar-refractivity contribution in [2.75, 3.05) is 11.6 Å². The minimum atomic E-state index is -0.222. The molecular formula is C10H12N4O. The second-order valence-electron chi connectivity index (χ2n) is 3.73. The first-order chi connectivity index (χ1) is 7.24. The molecule has 0 saturated heterocycles. The Bertz CT molecular complexity index is 460. The fourth-order valence-corrected chi connectivity index (χ4v) is 1.85. The molecule has 0 spiro atoms. The summed E-state index contributed by atoms with van der Waals surface area (Å²) in [5.74, 6) is 1.88. The number of aryl methyl sites for hydroxylation is 1. The molecule has 2 aliphatic heterocycles. The fraction of sp³-hybridized carbons (Fsp3) is 0.300. The molecule has 5 nitrogen and oxygen atoms in total. The van der Waals surface area contributed by atoms with Gasteiger partial charge in [0.1, 0.15) is 6.17 Å². The summed E-state index contributed by atoms with van der Waals surface area (Å²) >= 11 is 0. The number of aromatic nitrogens is 1. The van der Waals surface area contributed by atoms with Crippen LogP contribution in [-0.4, -0.2) is 24.1 Å². The molecule has 0 saturated carbocycles.